The zero-order valence-corrected chi connectivity index (χ0v) is 20.0. The van der Waals surface area contributed by atoms with E-state index in [1.165, 1.54) is 31.2 Å². The lowest BCUT2D eigenvalue weighted by Crippen LogP contribution is -2.61. The van der Waals surface area contributed by atoms with Gasteiger partial charge in [-0.1, -0.05) is 6.07 Å². The molecule has 0 radical (unpaired) electrons. The number of hydrogen-bond donors (Lipinski definition) is 7. The zero-order chi connectivity index (χ0) is 27.3. The van der Waals surface area contributed by atoms with E-state index in [9.17, 15) is 40.5 Å². The first-order chi connectivity index (χ1) is 18.1. The minimum absolute atomic E-state index is 0.0130. The number of aliphatic hydroxyl groups is 6. The van der Waals surface area contributed by atoms with Crippen LogP contribution in [0.5, 0.6) is 11.5 Å². The van der Waals surface area contributed by atoms with Crippen molar-refractivity contribution in [1.82, 2.24) is 0 Å². The van der Waals surface area contributed by atoms with Gasteiger partial charge >= 0.3 is 0 Å². The molecular weight excluding hydrogens is 508 g/mol. The standard InChI is InChI=1S/C25H28O13/c1-9-17(27)20(30)22(32)24(35-9)34-8-15-19(29)21(31)23(33)25(38-15)36-10-5-6-13-11(7-10)18(28)16-12(26)3-2-4-14(16)37-13/h2-7,9,15,17,19-27,29-33H,8H2,1H3. The number of aromatic hydroxyl groups is 1. The van der Waals surface area contributed by atoms with E-state index in [1.54, 1.807) is 12.1 Å². The van der Waals surface area contributed by atoms with Gasteiger partial charge in [-0.3, -0.25) is 4.79 Å². The Morgan fingerprint density at radius 3 is 2.29 bits per heavy atom. The number of rotatable bonds is 5. The lowest BCUT2D eigenvalue weighted by molar-refractivity contribution is -0.318. The summed E-state index contributed by atoms with van der Waals surface area (Å²) in [5.74, 6) is -0.192. The van der Waals surface area contributed by atoms with Crippen LogP contribution in [0.3, 0.4) is 0 Å². The molecule has 3 heterocycles. The maximum absolute atomic E-state index is 13.0. The number of phenols is 1. The molecule has 3 aromatic rings. The normalized spacial score (nSPS) is 36.0. The highest BCUT2D eigenvalue weighted by atomic mass is 16.7. The van der Waals surface area contributed by atoms with E-state index in [0.29, 0.717) is 0 Å². The van der Waals surface area contributed by atoms with Crippen LogP contribution in [-0.4, -0.2) is 104 Å². The van der Waals surface area contributed by atoms with Gasteiger partial charge in [0.1, 0.15) is 70.8 Å². The van der Waals surface area contributed by atoms with Gasteiger partial charge in [-0.05, 0) is 37.3 Å². The lowest BCUT2D eigenvalue weighted by atomic mass is 9.98. The Morgan fingerprint density at radius 2 is 1.53 bits per heavy atom. The largest absolute Gasteiger partial charge is 0.507 e. The number of phenolic OH excluding ortho intramolecular Hbond substituents is 1. The third kappa shape index (κ3) is 4.73. The van der Waals surface area contributed by atoms with Gasteiger partial charge in [0.05, 0.1) is 18.1 Å². The van der Waals surface area contributed by atoms with Crippen LogP contribution in [0.2, 0.25) is 0 Å². The van der Waals surface area contributed by atoms with Crippen LogP contribution >= 0.6 is 0 Å². The van der Waals surface area contributed by atoms with E-state index in [0.717, 1.165) is 0 Å². The van der Waals surface area contributed by atoms with Crippen LogP contribution < -0.4 is 10.2 Å². The second kappa shape index (κ2) is 10.4. The molecule has 0 spiro atoms. The lowest BCUT2D eigenvalue weighted by Gasteiger charge is -2.42. The predicted octanol–water partition coefficient (Wildman–Crippen LogP) is -1.32. The Kier molecular flexibility index (Phi) is 7.30. The van der Waals surface area contributed by atoms with Crippen LogP contribution in [0.15, 0.2) is 45.6 Å². The molecule has 2 aromatic carbocycles. The molecule has 0 amide bonds. The topological polar surface area (TPSA) is 209 Å². The highest BCUT2D eigenvalue weighted by Crippen LogP contribution is 2.30. The summed E-state index contributed by atoms with van der Waals surface area (Å²) in [5.41, 5.74) is -0.0882. The quantitative estimate of drug-likeness (QED) is 0.189. The number of ether oxygens (including phenoxy) is 4. The first-order valence-electron chi connectivity index (χ1n) is 11.9. The van der Waals surface area contributed by atoms with Crippen LogP contribution in [-0.2, 0) is 14.2 Å². The summed E-state index contributed by atoms with van der Waals surface area (Å²) in [6.45, 7) is 1.02. The fourth-order valence-corrected chi connectivity index (χ4v) is 4.56. The predicted molar refractivity (Wildman–Crippen MR) is 127 cm³/mol. The Balaban J connectivity index is 1.34. The summed E-state index contributed by atoms with van der Waals surface area (Å²) in [5, 5.41) is 71.3. The van der Waals surface area contributed by atoms with Crippen LogP contribution in [0, 0.1) is 0 Å². The van der Waals surface area contributed by atoms with Crippen molar-refractivity contribution in [1.29, 1.82) is 0 Å². The molecular formula is C25H28O13. The minimum Gasteiger partial charge on any atom is -0.507 e. The van der Waals surface area contributed by atoms with E-state index < -0.39 is 73.4 Å². The molecule has 2 fully saturated rings. The Morgan fingerprint density at radius 1 is 0.816 bits per heavy atom. The molecule has 13 heteroatoms. The van der Waals surface area contributed by atoms with Crippen molar-refractivity contribution >= 4 is 21.9 Å². The van der Waals surface area contributed by atoms with Crippen molar-refractivity contribution in [2.24, 2.45) is 0 Å². The van der Waals surface area contributed by atoms with E-state index >= 15 is 0 Å². The van der Waals surface area contributed by atoms with Gasteiger partial charge in [-0.2, -0.15) is 0 Å². The molecule has 0 aliphatic carbocycles. The SMILES string of the molecule is CC1OC(OCC2OC(Oc3ccc4oc5cccc(O)c5c(=O)c4c3)C(O)C(O)C2O)C(O)C(O)C1O. The molecule has 5 rings (SSSR count). The smallest absolute Gasteiger partial charge is 0.229 e. The minimum atomic E-state index is -1.71. The summed E-state index contributed by atoms with van der Waals surface area (Å²) in [4.78, 5) is 13.0. The zero-order valence-electron chi connectivity index (χ0n) is 20.0. The van der Waals surface area contributed by atoms with Crippen molar-refractivity contribution in [2.45, 2.75) is 68.3 Å². The highest BCUT2D eigenvalue weighted by molar-refractivity contribution is 5.93. The summed E-state index contributed by atoms with van der Waals surface area (Å²) in [6.07, 6.45) is -14.5. The van der Waals surface area contributed by atoms with Crippen LogP contribution in [0.4, 0.5) is 0 Å². The number of aliphatic hydroxyl groups excluding tert-OH is 6. The first kappa shape index (κ1) is 26.7. The van der Waals surface area contributed by atoms with E-state index in [1.807, 2.05) is 0 Å². The van der Waals surface area contributed by atoms with Gasteiger partial charge in [0.15, 0.2) is 6.29 Å². The van der Waals surface area contributed by atoms with Gasteiger partial charge in [0, 0.05) is 0 Å². The monoisotopic (exact) mass is 536 g/mol. The fourth-order valence-electron chi connectivity index (χ4n) is 4.56. The van der Waals surface area contributed by atoms with Crippen LogP contribution in [0.1, 0.15) is 6.92 Å². The molecule has 13 nitrogen and oxygen atoms in total. The van der Waals surface area contributed by atoms with Crippen molar-refractivity contribution in [3.05, 3.63) is 46.6 Å². The molecule has 0 bridgehead atoms. The molecule has 2 aliphatic heterocycles. The second-order valence-electron chi connectivity index (χ2n) is 9.39. The van der Waals surface area contributed by atoms with E-state index in [4.69, 9.17) is 23.4 Å². The average Bonchev–Trinajstić information content (AvgIpc) is 2.90. The van der Waals surface area contributed by atoms with E-state index in [-0.39, 0.29) is 33.4 Å². The maximum Gasteiger partial charge on any atom is 0.229 e. The van der Waals surface area contributed by atoms with Crippen LogP contribution in [0.25, 0.3) is 21.9 Å². The fraction of sp³-hybridized carbons (Fsp3) is 0.480. The first-order valence-corrected chi connectivity index (χ1v) is 11.9. The molecule has 10 unspecified atom stereocenters. The van der Waals surface area contributed by atoms with Gasteiger partial charge < -0.3 is 59.1 Å². The summed E-state index contributed by atoms with van der Waals surface area (Å²) in [7, 11) is 0. The Labute approximate surface area is 214 Å². The summed E-state index contributed by atoms with van der Waals surface area (Å²) < 4.78 is 27.8. The van der Waals surface area contributed by atoms with Gasteiger partial charge in [-0.25, -0.2) is 0 Å². The number of benzene rings is 2. The van der Waals surface area contributed by atoms with Crippen molar-refractivity contribution in [3.63, 3.8) is 0 Å². The highest BCUT2D eigenvalue weighted by Gasteiger charge is 2.47. The van der Waals surface area contributed by atoms with Gasteiger partial charge in [0.2, 0.25) is 11.7 Å². The molecule has 2 saturated heterocycles. The second-order valence-corrected chi connectivity index (χ2v) is 9.39. The average molecular weight is 536 g/mol. The van der Waals surface area contributed by atoms with Crippen molar-refractivity contribution < 1.29 is 59.1 Å². The summed E-state index contributed by atoms with van der Waals surface area (Å²) >= 11 is 0. The van der Waals surface area contributed by atoms with Crippen molar-refractivity contribution in [2.75, 3.05) is 6.61 Å². The van der Waals surface area contributed by atoms with Crippen molar-refractivity contribution in [3.8, 4) is 11.5 Å². The van der Waals surface area contributed by atoms with Gasteiger partial charge in [-0.15, -0.1) is 0 Å². The van der Waals surface area contributed by atoms with Gasteiger partial charge in [0.25, 0.3) is 0 Å². The molecule has 1 aromatic heterocycles. The molecule has 2 aliphatic rings. The molecule has 38 heavy (non-hydrogen) atoms. The number of hydrogen-bond acceptors (Lipinski definition) is 13. The molecule has 0 saturated carbocycles. The third-order valence-electron chi connectivity index (χ3n) is 6.80. The number of fused-ring (bicyclic) bond motifs is 2. The molecule has 10 atom stereocenters. The maximum atomic E-state index is 13.0. The summed E-state index contributed by atoms with van der Waals surface area (Å²) in [6, 6.07) is 8.67. The molecule has 7 N–H and O–H groups in total. The molecule has 206 valence electrons. The van der Waals surface area contributed by atoms with E-state index in [2.05, 4.69) is 0 Å². The Hall–Kier alpha value is -2.85. The third-order valence-corrected chi connectivity index (χ3v) is 6.80. The Bertz CT molecular complexity index is 1360.